The summed E-state index contributed by atoms with van der Waals surface area (Å²) in [5.74, 6) is -1.34. The lowest BCUT2D eigenvalue weighted by atomic mass is 10.0. The van der Waals surface area contributed by atoms with Gasteiger partial charge in [-0.15, -0.1) is 6.58 Å². The molecule has 1 heterocycles. The van der Waals surface area contributed by atoms with E-state index < -0.39 is 12.0 Å². The standard InChI is InChI=1S/C15H25NO4/c1-2-3-4-5-6-7-8-13(15(18)19)16-14(17)12-9-10-20-11-12/h2,12-13H,1,3-11H2,(H,16,17)(H,18,19)/t12-,13+/m0/s1. The average molecular weight is 283 g/mol. The summed E-state index contributed by atoms with van der Waals surface area (Å²) in [6, 6.07) is -0.775. The van der Waals surface area contributed by atoms with Gasteiger partial charge < -0.3 is 15.2 Å². The maximum atomic E-state index is 11.9. The molecule has 1 rings (SSSR count). The van der Waals surface area contributed by atoms with Crippen molar-refractivity contribution in [1.29, 1.82) is 0 Å². The van der Waals surface area contributed by atoms with Crippen LogP contribution in [0.1, 0.15) is 44.9 Å². The van der Waals surface area contributed by atoms with Gasteiger partial charge in [-0.25, -0.2) is 4.79 Å². The fourth-order valence-corrected chi connectivity index (χ4v) is 2.28. The maximum Gasteiger partial charge on any atom is 0.326 e. The molecule has 0 radical (unpaired) electrons. The molecule has 20 heavy (non-hydrogen) atoms. The summed E-state index contributed by atoms with van der Waals surface area (Å²) in [5.41, 5.74) is 0. The number of unbranched alkanes of at least 4 members (excludes halogenated alkanes) is 4. The number of nitrogens with one attached hydrogen (secondary N) is 1. The third-order valence-corrected chi connectivity index (χ3v) is 3.57. The summed E-state index contributed by atoms with van der Waals surface area (Å²) < 4.78 is 5.14. The highest BCUT2D eigenvalue weighted by Crippen LogP contribution is 2.14. The van der Waals surface area contributed by atoms with Crippen LogP contribution in [0.2, 0.25) is 0 Å². The summed E-state index contributed by atoms with van der Waals surface area (Å²) in [6.45, 7) is 4.65. The fourth-order valence-electron chi connectivity index (χ4n) is 2.28. The molecule has 0 saturated carbocycles. The summed E-state index contributed by atoms with van der Waals surface area (Å²) in [5, 5.41) is 11.8. The minimum Gasteiger partial charge on any atom is -0.480 e. The number of amides is 1. The first-order chi connectivity index (χ1) is 9.65. The maximum absolute atomic E-state index is 11.9. The van der Waals surface area contributed by atoms with Crippen molar-refractivity contribution in [2.45, 2.75) is 51.0 Å². The molecule has 2 atom stereocenters. The molecule has 0 aromatic carbocycles. The van der Waals surface area contributed by atoms with Crippen molar-refractivity contribution in [1.82, 2.24) is 5.32 Å². The van der Waals surface area contributed by atoms with Crippen molar-refractivity contribution in [3.63, 3.8) is 0 Å². The summed E-state index contributed by atoms with van der Waals surface area (Å²) in [4.78, 5) is 23.0. The Bertz CT molecular complexity index is 324. The lowest BCUT2D eigenvalue weighted by Gasteiger charge is -2.16. The van der Waals surface area contributed by atoms with Gasteiger partial charge in [0, 0.05) is 6.61 Å². The number of aliphatic carboxylic acids is 1. The number of hydrogen-bond acceptors (Lipinski definition) is 3. The minimum absolute atomic E-state index is 0.190. The highest BCUT2D eigenvalue weighted by molar-refractivity contribution is 5.85. The molecular formula is C15H25NO4. The molecule has 0 aromatic rings. The van der Waals surface area contributed by atoms with Crippen LogP contribution < -0.4 is 5.32 Å². The molecule has 1 aliphatic rings. The largest absolute Gasteiger partial charge is 0.480 e. The SMILES string of the molecule is C=CCCCCCC[C@@H](NC(=O)[C@H]1CCOC1)C(=O)O. The first-order valence-electron chi connectivity index (χ1n) is 7.37. The first-order valence-corrected chi connectivity index (χ1v) is 7.37. The van der Waals surface area contributed by atoms with E-state index in [1.807, 2.05) is 6.08 Å². The normalized spacial score (nSPS) is 19.5. The molecule has 0 aliphatic carbocycles. The molecule has 1 aliphatic heterocycles. The Labute approximate surface area is 120 Å². The molecule has 1 amide bonds. The molecule has 0 spiro atoms. The van der Waals surface area contributed by atoms with Crippen LogP contribution in [0.3, 0.4) is 0 Å². The Balaban J connectivity index is 2.23. The van der Waals surface area contributed by atoms with E-state index in [0.717, 1.165) is 32.1 Å². The van der Waals surface area contributed by atoms with Crippen LogP contribution in [-0.2, 0) is 14.3 Å². The minimum atomic E-state index is -0.955. The van der Waals surface area contributed by atoms with Crippen molar-refractivity contribution in [2.75, 3.05) is 13.2 Å². The lowest BCUT2D eigenvalue weighted by molar-refractivity contribution is -0.142. The number of rotatable bonds is 10. The van der Waals surface area contributed by atoms with Crippen LogP contribution in [0.15, 0.2) is 12.7 Å². The van der Waals surface area contributed by atoms with Gasteiger partial charge in [0.25, 0.3) is 0 Å². The highest BCUT2D eigenvalue weighted by Gasteiger charge is 2.27. The smallest absolute Gasteiger partial charge is 0.326 e. The number of carbonyl (C=O) groups excluding carboxylic acids is 1. The van der Waals surface area contributed by atoms with E-state index in [2.05, 4.69) is 11.9 Å². The van der Waals surface area contributed by atoms with E-state index in [0.29, 0.717) is 26.1 Å². The van der Waals surface area contributed by atoms with Crippen molar-refractivity contribution in [3.8, 4) is 0 Å². The zero-order valence-electron chi connectivity index (χ0n) is 12.0. The molecular weight excluding hydrogens is 258 g/mol. The van der Waals surface area contributed by atoms with E-state index in [1.54, 1.807) is 0 Å². The summed E-state index contributed by atoms with van der Waals surface area (Å²) in [6.07, 6.45) is 8.03. The van der Waals surface area contributed by atoms with Crippen LogP contribution >= 0.6 is 0 Å². The fraction of sp³-hybridized carbons (Fsp3) is 0.733. The topological polar surface area (TPSA) is 75.6 Å². The molecule has 5 nitrogen and oxygen atoms in total. The van der Waals surface area contributed by atoms with Crippen LogP contribution in [0.25, 0.3) is 0 Å². The Morgan fingerprint density at radius 2 is 2.10 bits per heavy atom. The van der Waals surface area contributed by atoms with E-state index in [9.17, 15) is 9.59 Å². The highest BCUT2D eigenvalue weighted by atomic mass is 16.5. The van der Waals surface area contributed by atoms with E-state index >= 15 is 0 Å². The van der Waals surface area contributed by atoms with Gasteiger partial charge in [-0.3, -0.25) is 4.79 Å². The monoisotopic (exact) mass is 283 g/mol. The third-order valence-electron chi connectivity index (χ3n) is 3.57. The van der Waals surface area contributed by atoms with Crippen molar-refractivity contribution < 1.29 is 19.4 Å². The van der Waals surface area contributed by atoms with E-state index in [4.69, 9.17) is 9.84 Å². The Morgan fingerprint density at radius 1 is 1.35 bits per heavy atom. The van der Waals surface area contributed by atoms with Gasteiger partial charge in [0.1, 0.15) is 6.04 Å². The predicted molar refractivity (Wildman–Crippen MR) is 76.4 cm³/mol. The predicted octanol–water partition coefficient (Wildman–Crippen LogP) is 2.12. The van der Waals surface area contributed by atoms with Gasteiger partial charge in [-0.05, 0) is 25.7 Å². The van der Waals surface area contributed by atoms with Crippen molar-refractivity contribution in [3.05, 3.63) is 12.7 Å². The second-order valence-electron chi connectivity index (χ2n) is 5.24. The second-order valence-corrected chi connectivity index (χ2v) is 5.24. The Morgan fingerprint density at radius 3 is 2.70 bits per heavy atom. The number of ether oxygens (including phenoxy) is 1. The van der Waals surface area contributed by atoms with Gasteiger partial charge in [0.2, 0.25) is 5.91 Å². The van der Waals surface area contributed by atoms with Crippen LogP contribution in [0.5, 0.6) is 0 Å². The molecule has 0 aromatic heterocycles. The molecule has 5 heteroatoms. The number of hydrogen-bond donors (Lipinski definition) is 2. The molecule has 2 N–H and O–H groups in total. The number of carboxylic acids is 1. The zero-order chi connectivity index (χ0) is 14.8. The zero-order valence-corrected chi connectivity index (χ0v) is 12.0. The average Bonchev–Trinajstić information content (AvgIpc) is 2.95. The molecule has 1 saturated heterocycles. The van der Waals surface area contributed by atoms with Gasteiger partial charge >= 0.3 is 5.97 Å². The Kier molecular flexibility index (Phi) is 7.95. The van der Waals surface area contributed by atoms with Crippen molar-refractivity contribution in [2.24, 2.45) is 5.92 Å². The molecule has 1 fully saturated rings. The van der Waals surface area contributed by atoms with Gasteiger partial charge in [0.05, 0.1) is 12.5 Å². The summed E-state index contributed by atoms with van der Waals surface area (Å²) in [7, 11) is 0. The number of carboxylic acid groups (broad SMARTS) is 1. The van der Waals surface area contributed by atoms with Crippen molar-refractivity contribution >= 4 is 11.9 Å². The Hall–Kier alpha value is -1.36. The molecule has 0 bridgehead atoms. The van der Waals surface area contributed by atoms with Crippen LogP contribution in [0.4, 0.5) is 0 Å². The quantitative estimate of drug-likeness (QED) is 0.475. The number of allylic oxidation sites excluding steroid dienone is 1. The van der Waals surface area contributed by atoms with Crippen LogP contribution in [-0.4, -0.2) is 36.2 Å². The third kappa shape index (κ3) is 6.19. The van der Waals surface area contributed by atoms with Gasteiger partial charge in [-0.2, -0.15) is 0 Å². The van der Waals surface area contributed by atoms with E-state index in [1.165, 1.54) is 0 Å². The number of carbonyl (C=O) groups is 2. The first kappa shape index (κ1) is 16.7. The second kappa shape index (κ2) is 9.53. The van der Waals surface area contributed by atoms with E-state index in [-0.39, 0.29) is 11.8 Å². The van der Waals surface area contributed by atoms with Gasteiger partial charge in [-0.1, -0.05) is 25.3 Å². The lowest BCUT2D eigenvalue weighted by Crippen LogP contribution is -2.43. The van der Waals surface area contributed by atoms with Crippen LogP contribution in [0, 0.1) is 5.92 Å². The summed E-state index contributed by atoms with van der Waals surface area (Å²) >= 11 is 0. The molecule has 0 unspecified atom stereocenters. The molecule has 114 valence electrons. The van der Waals surface area contributed by atoms with Gasteiger partial charge in [0.15, 0.2) is 0 Å².